The maximum absolute atomic E-state index is 10.8. The van der Waals surface area contributed by atoms with E-state index in [1.165, 1.54) is 0 Å². The normalized spacial score (nSPS) is 10.7. The zero-order valence-corrected chi connectivity index (χ0v) is 9.42. The minimum atomic E-state index is 0.307. The maximum atomic E-state index is 10.8. The fourth-order valence-corrected chi connectivity index (χ4v) is 2.97. The molecule has 1 nitrogen and oxygen atoms in total. The lowest BCUT2D eigenvalue weighted by Crippen LogP contribution is -1.89. The van der Waals surface area contributed by atoms with Gasteiger partial charge < -0.3 is 0 Å². The van der Waals surface area contributed by atoms with Crippen LogP contribution in [-0.2, 0) is 5.88 Å². The summed E-state index contributed by atoms with van der Waals surface area (Å²) >= 11 is 13.4. The van der Waals surface area contributed by atoms with Gasteiger partial charge in [-0.05, 0) is 17.7 Å². The lowest BCUT2D eigenvalue weighted by molar-refractivity contribution is 0.112. The Bertz CT molecular complexity index is 490. The smallest absolute Gasteiger partial charge is 0.150 e. The Morgan fingerprint density at radius 2 is 2.21 bits per heavy atom. The highest BCUT2D eigenvalue weighted by Crippen LogP contribution is 2.34. The van der Waals surface area contributed by atoms with Crippen molar-refractivity contribution in [1.29, 1.82) is 0 Å². The molecule has 0 N–H and O–H groups in total. The van der Waals surface area contributed by atoms with Gasteiger partial charge in [-0.1, -0.05) is 11.6 Å². The van der Waals surface area contributed by atoms with Gasteiger partial charge in [0.25, 0.3) is 0 Å². The van der Waals surface area contributed by atoms with Crippen LogP contribution in [0.5, 0.6) is 0 Å². The van der Waals surface area contributed by atoms with E-state index in [4.69, 9.17) is 23.2 Å². The van der Waals surface area contributed by atoms with Crippen molar-refractivity contribution in [3.05, 3.63) is 33.7 Å². The van der Waals surface area contributed by atoms with E-state index in [2.05, 4.69) is 0 Å². The van der Waals surface area contributed by atoms with Crippen molar-refractivity contribution in [3.63, 3.8) is 0 Å². The van der Waals surface area contributed by atoms with Crippen LogP contribution < -0.4 is 0 Å². The zero-order valence-electron chi connectivity index (χ0n) is 7.09. The largest absolute Gasteiger partial charge is 0.298 e. The number of thiophene rings is 1. The van der Waals surface area contributed by atoms with E-state index in [9.17, 15) is 4.79 Å². The number of benzene rings is 1. The van der Waals surface area contributed by atoms with Crippen molar-refractivity contribution in [2.45, 2.75) is 5.88 Å². The van der Waals surface area contributed by atoms with E-state index in [0.29, 0.717) is 16.5 Å². The summed E-state index contributed by atoms with van der Waals surface area (Å²) in [6.07, 6.45) is 0.811. The van der Waals surface area contributed by atoms with Gasteiger partial charge in [-0.2, -0.15) is 0 Å². The van der Waals surface area contributed by atoms with Gasteiger partial charge in [0.15, 0.2) is 0 Å². The molecule has 0 saturated heterocycles. The van der Waals surface area contributed by atoms with E-state index in [-0.39, 0.29) is 0 Å². The highest BCUT2D eigenvalue weighted by atomic mass is 35.5. The molecule has 14 heavy (non-hydrogen) atoms. The average molecular weight is 245 g/mol. The number of aldehydes is 1. The molecule has 0 fully saturated rings. The molecule has 72 valence electrons. The summed E-state index contributed by atoms with van der Waals surface area (Å²) in [6, 6.07) is 3.67. The summed E-state index contributed by atoms with van der Waals surface area (Å²) < 4.78 is 1.07. The van der Waals surface area contributed by atoms with Crippen molar-refractivity contribution in [1.82, 2.24) is 0 Å². The lowest BCUT2D eigenvalue weighted by atomic mass is 10.1. The highest BCUT2D eigenvalue weighted by molar-refractivity contribution is 7.17. The van der Waals surface area contributed by atoms with Crippen LogP contribution in [0.25, 0.3) is 10.1 Å². The van der Waals surface area contributed by atoms with E-state index < -0.39 is 0 Å². The third kappa shape index (κ3) is 1.44. The topological polar surface area (TPSA) is 17.1 Å². The van der Waals surface area contributed by atoms with Gasteiger partial charge in [-0.15, -0.1) is 22.9 Å². The van der Waals surface area contributed by atoms with Gasteiger partial charge in [0.05, 0.1) is 5.02 Å². The second-order valence-electron chi connectivity index (χ2n) is 2.84. The third-order valence-corrected chi connectivity index (χ3v) is 3.74. The Morgan fingerprint density at radius 3 is 2.86 bits per heavy atom. The SMILES string of the molecule is O=Cc1ccc2scc(Cl)c2c1CCl. The number of carbonyl (C=O) groups is 1. The maximum Gasteiger partial charge on any atom is 0.150 e. The van der Waals surface area contributed by atoms with Gasteiger partial charge in [0, 0.05) is 26.9 Å². The quantitative estimate of drug-likeness (QED) is 0.574. The van der Waals surface area contributed by atoms with Gasteiger partial charge in [0.2, 0.25) is 0 Å². The molecule has 0 aliphatic heterocycles. The molecule has 0 atom stereocenters. The van der Waals surface area contributed by atoms with Crippen LogP contribution >= 0.6 is 34.5 Å². The van der Waals surface area contributed by atoms with Crippen molar-refractivity contribution in [2.24, 2.45) is 0 Å². The van der Waals surface area contributed by atoms with Gasteiger partial charge in [0.1, 0.15) is 6.29 Å². The lowest BCUT2D eigenvalue weighted by Gasteiger charge is -2.02. The fraction of sp³-hybridized carbons (Fsp3) is 0.100. The molecule has 0 saturated carbocycles. The van der Waals surface area contributed by atoms with Crippen molar-refractivity contribution in [3.8, 4) is 0 Å². The van der Waals surface area contributed by atoms with Crippen LogP contribution in [0.15, 0.2) is 17.5 Å². The van der Waals surface area contributed by atoms with E-state index in [0.717, 1.165) is 21.9 Å². The van der Waals surface area contributed by atoms with Gasteiger partial charge in [-0.25, -0.2) is 0 Å². The van der Waals surface area contributed by atoms with Crippen LogP contribution in [0, 0.1) is 0 Å². The molecule has 4 heteroatoms. The molecule has 0 unspecified atom stereocenters. The molecule has 1 aromatic carbocycles. The predicted octanol–water partition coefficient (Wildman–Crippen LogP) is 4.11. The number of hydrogen-bond donors (Lipinski definition) is 0. The van der Waals surface area contributed by atoms with Gasteiger partial charge in [-0.3, -0.25) is 4.79 Å². The first-order valence-corrected chi connectivity index (χ1v) is 5.77. The number of alkyl halides is 1. The van der Waals surface area contributed by atoms with E-state index in [1.807, 2.05) is 11.4 Å². The Labute approximate surface area is 95.3 Å². The summed E-state index contributed by atoms with van der Waals surface area (Å²) in [6.45, 7) is 0. The van der Waals surface area contributed by atoms with Gasteiger partial charge >= 0.3 is 0 Å². The summed E-state index contributed by atoms with van der Waals surface area (Å²) in [7, 11) is 0. The predicted molar refractivity (Wildman–Crippen MR) is 61.8 cm³/mol. The minimum absolute atomic E-state index is 0.307. The average Bonchev–Trinajstić information content (AvgIpc) is 2.59. The van der Waals surface area contributed by atoms with Crippen LogP contribution in [0.4, 0.5) is 0 Å². The summed E-state index contributed by atoms with van der Waals surface area (Å²) in [5.41, 5.74) is 1.44. The summed E-state index contributed by atoms with van der Waals surface area (Å²) in [5, 5.41) is 3.44. The first-order chi connectivity index (χ1) is 6.77. The second kappa shape index (κ2) is 3.89. The molecular formula is C10H6Cl2OS. The van der Waals surface area contributed by atoms with Crippen LogP contribution in [-0.4, -0.2) is 6.29 Å². The highest BCUT2D eigenvalue weighted by Gasteiger charge is 2.10. The molecule has 0 spiro atoms. The molecule has 2 rings (SSSR count). The Kier molecular flexibility index (Phi) is 2.77. The van der Waals surface area contributed by atoms with E-state index in [1.54, 1.807) is 17.4 Å². The molecular weight excluding hydrogens is 239 g/mol. The number of rotatable bonds is 2. The third-order valence-electron chi connectivity index (χ3n) is 2.10. The molecule has 0 bridgehead atoms. The molecule has 0 radical (unpaired) electrons. The van der Waals surface area contributed by atoms with Crippen molar-refractivity contribution >= 4 is 50.9 Å². The Hall–Kier alpha value is -0.570. The van der Waals surface area contributed by atoms with Crippen LogP contribution in [0.2, 0.25) is 5.02 Å². The molecule has 0 aliphatic rings. The van der Waals surface area contributed by atoms with Crippen molar-refractivity contribution in [2.75, 3.05) is 0 Å². The number of fused-ring (bicyclic) bond motifs is 1. The van der Waals surface area contributed by atoms with Crippen LogP contribution in [0.3, 0.4) is 0 Å². The van der Waals surface area contributed by atoms with E-state index >= 15 is 0 Å². The first kappa shape index (κ1) is 9.97. The number of carbonyl (C=O) groups excluding carboxylic acids is 1. The summed E-state index contributed by atoms with van der Waals surface area (Å²) in [5.74, 6) is 0.307. The Balaban J connectivity index is 2.87. The monoisotopic (exact) mass is 244 g/mol. The fourth-order valence-electron chi connectivity index (χ4n) is 1.43. The minimum Gasteiger partial charge on any atom is -0.298 e. The van der Waals surface area contributed by atoms with Crippen molar-refractivity contribution < 1.29 is 4.79 Å². The summed E-state index contributed by atoms with van der Waals surface area (Å²) in [4.78, 5) is 10.8. The molecule has 1 aromatic heterocycles. The molecule has 0 amide bonds. The molecule has 1 heterocycles. The molecule has 2 aromatic rings. The second-order valence-corrected chi connectivity index (χ2v) is 4.43. The zero-order chi connectivity index (χ0) is 10.1. The number of halogens is 2. The molecule has 0 aliphatic carbocycles. The standard InChI is InChI=1S/C10H6Cl2OS/c11-3-7-6(4-13)1-2-9-10(7)8(12)5-14-9/h1-2,4-5H,3H2. The number of hydrogen-bond acceptors (Lipinski definition) is 2. The first-order valence-electron chi connectivity index (χ1n) is 3.97. The van der Waals surface area contributed by atoms with Crippen LogP contribution in [0.1, 0.15) is 15.9 Å². The Morgan fingerprint density at radius 1 is 1.43 bits per heavy atom.